The number of carbonyl (C=O) groups excluding carboxylic acids is 1. The number of amidine groups is 1. The normalized spacial score (nSPS) is 16.5. The number of amides is 1. The summed E-state index contributed by atoms with van der Waals surface area (Å²) >= 11 is 0. The zero-order chi connectivity index (χ0) is 29.0. The molecule has 0 radical (unpaired) electrons. The molecule has 1 aromatic heterocycles. The third kappa shape index (κ3) is 6.08. The summed E-state index contributed by atoms with van der Waals surface area (Å²) in [5.41, 5.74) is 2.51. The Labute approximate surface area is 242 Å². The van der Waals surface area contributed by atoms with Gasteiger partial charge in [0.1, 0.15) is 17.1 Å². The highest BCUT2D eigenvalue weighted by atomic mass is 32.2. The van der Waals surface area contributed by atoms with Gasteiger partial charge in [-0.15, -0.1) is 0 Å². The number of carbonyl (C=O) groups is 1. The summed E-state index contributed by atoms with van der Waals surface area (Å²) in [6.45, 7) is 7.01. The maximum atomic E-state index is 13.7. The van der Waals surface area contributed by atoms with Crippen LogP contribution in [0.25, 0.3) is 11.1 Å². The Hall–Kier alpha value is -3.50. The average molecular weight is 579 g/mol. The largest absolute Gasteiger partial charge is 0.377 e. The number of rotatable bonds is 12. The van der Waals surface area contributed by atoms with Gasteiger partial charge in [-0.1, -0.05) is 67.7 Å². The zero-order valence-corrected chi connectivity index (χ0v) is 24.8. The molecule has 3 aromatic rings. The van der Waals surface area contributed by atoms with Crippen molar-refractivity contribution in [1.29, 1.82) is 0 Å². The van der Waals surface area contributed by atoms with Crippen molar-refractivity contribution in [3.63, 3.8) is 0 Å². The van der Waals surface area contributed by atoms with Gasteiger partial charge in [0, 0.05) is 24.7 Å². The lowest BCUT2D eigenvalue weighted by Crippen LogP contribution is -2.40. The Bertz CT molecular complexity index is 1540. The van der Waals surface area contributed by atoms with Crippen LogP contribution in [-0.4, -0.2) is 42.4 Å². The van der Waals surface area contributed by atoms with Gasteiger partial charge in [0.2, 0.25) is 0 Å². The smallest absolute Gasteiger partial charge is 0.263 e. The van der Waals surface area contributed by atoms with E-state index in [1.54, 1.807) is 25.1 Å². The van der Waals surface area contributed by atoms with Crippen LogP contribution in [0.2, 0.25) is 0 Å². The van der Waals surface area contributed by atoms with E-state index in [1.807, 2.05) is 36.1 Å². The van der Waals surface area contributed by atoms with Crippen molar-refractivity contribution in [3.8, 4) is 11.1 Å². The molecule has 2 aromatic carbocycles. The monoisotopic (exact) mass is 578 g/mol. The molecular weight excluding hydrogens is 540 g/mol. The lowest BCUT2D eigenvalue weighted by molar-refractivity contribution is -0.131. The summed E-state index contributed by atoms with van der Waals surface area (Å²) in [5, 5.41) is 3.78. The number of aryl methyl sites for hydroxylation is 1. The molecule has 1 spiro atoms. The zero-order valence-electron chi connectivity index (χ0n) is 24.0. The van der Waals surface area contributed by atoms with Crippen molar-refractivity contribution in [2.75, 3.05) is 11.3 Å². The number of nitrogens with zero attached hydrogens (tertiary/aromatic N) is 3. The van der Waals surface area contributed by atoms with Crippen LogP contribution in [-0.2, 0) is 32.7 Å². The predicted octanol–water partition coefficient (Wildman–Crippen LogP) is 6.23. The van der Waals surface area contributed by atoms with Crippen LogP contribution in [0.15, 0.2) is 62.9 Å². The number of sulfonamides is 1. The molecule has 1 aliphatic heterocycles. The van der Waals surface area contributed by atoms with Gasteiger partial charge in [0.15, 0.2) is 5.82 Å². The van der Waals surface area contributed by atoms with Crippen molar-refractivity contribution in [3.05, 3.63) is 65.4 Å². The van der Waals surface area contributed by atoms with Crippen LogP contribution in [0, 0.1) is 6.92 Å². The number of benzene rings is 2. The van der Waals surface area contributed by atoms with E-state index < -0.39 is 15.6 Å². The van der Waals surface area contributed by atoms with Crippen molar-refractivity contribution in [1.82, 2.24) is 10.1 Å². The van der Waals surface area contributed by atoms with Gasteiger partial charge >= 0.3 is 0 Å². The van der Waals surface area contributed by atoms with Crippen molar-refractivity contribution < 1.29 is 22.5 Å². The second-order valence-corrected chi connectivity index (χ2v) is 12.5. The third-order valence-electron chi connectivity index (χ3n) is 7.79. The van der Waals surface area contributed by atoms with Gasteiger partial charge in [0.05, 0.1) is 18.0 Å². The lowest BCUT2D eigenvalue weighted by Gasteiger charge is -2.23. The van der Waals surface area contributed by atoms with E-state index in [0.29, 0.717) is 31.1 Å². The van der Waals surface area contributed by atoms with E-state index in [-0.39, 0.29) is 16.6 Å². The molecule has 0 saturated heterocycles. The number of hydrogen-bond acceptors (Lipinski definition) is 7. The summed E-state index contributed by atoms with van der Waals surface area (Å²) in [5.74, 6) is 1.63. The quantitative estimate of drug-likeness (QED) is 0.272. The molecule has 1 saturated carbocycles. The van der Waals surface area contributed by atoms with Crippen molar-refractivity contribution in [2.45, 2.75) is 89.3 Å². The van der Waals surface area contributed by atoms with E-state index in [2.05, 4.69) is 16.8 Å². The first-order valence-corrected chi connectivity index (χ1v) is 15.9. The van der Waals surface area contributed by atoms with E-state index in [1.165, 1.54) is 6.07 Å². The fraction of sp³-hybridized carbons (Fsp3) is 0.452. The van der Waals surface area contributed by atoms with Crippen LogP contribution in [0.5, 0.6) is 0 Å². The second-order valence-electron chi connectivity index (χ2n) is 10.8. The van der Waals surface area contributed by atoms with E-state index >= 15 is 0 Å². The van der Waals surface area contributed by atoms with Crippen LogP contribution in [0.3, 0.4) is 0 Å². The molecule has 5 rings (SSSR count). The Kier molecular flexibility index (Phi) is 8.60. The van der Waals surface area contributed by atoms with Gasteiger partial charge in [-0.3, -0.25) is 19.4 Å². The highest BCUT2D eigenvalue weighted by Crippen LogP contribution is 2.40. The van der Waals surface area contributed by atoms with Crippen LogP contribution >= 0.6 is 0 Å². The predicted molar refractivity (Wildman–Crippen MR) is 158 cm³/mol. The molecule has 1 N–H and O–H groups in total. The Morgan fingerprint density at radius 2 is 1.85 bits per heavy atom. The van der Waals surface area contributed by atoms with Gasteiger partial charge in [-0.25, -0.2) is 8.42 Å². The SMILES string of the molecule is CCCCC1=NC2(CCCC2)C(=O)N1Cc1ccc(-c2ccccc2S(=O)(=O)Nc2cc(C)on2)c(COCC)c1. The Balaban J connectivity index is 1.48. The van der Waals surface area contributed by atoms with Gasteiger partial charge < -0.3 is 9.26 Å². The minimum absolute atomic E-state index is 0.113. The maximum absolute atomic E-state index is 13.7. The molecule has 2 aliphatic rings. The van der Waals surface area contributed by atoms with Crippen molar-refractivity contribution in [2.24, 2.45) is 4.99 Å². The summed E-state index contributed by atoms with van der Waals surface area (Å²) < 4.78 is 40.2. The van der Waals surface area contributed by atoms with Gasteiger partial charge in [-0.05, 0) is 55.9 Å². The second kappa shape index (κ2) is 12.2. The summed E-state index contributed by atoms with van der Waals surface area (Å²) in [6.07, 6.45) is 6.52. The molecule has 2 heterocycles. The van der Waals surface area contributed by atoms with Crippen LogP contribution in [0.1, 0.15) is 75.7 Å². The molecule has 0 atom stereocenters. The molecule has 0 unspecified atom stereocenters. The number of unbranched alkanes of at least 4 members (excludes halogenated alkanes) is 1. The highest BCUT2D eigenvalue weighted by Gasteiger charge is 2.49. The summed E-state index contributed by atoms with van der Waals surface area (Å²) in [4.78, 5) is 20.7. The molecule has 1 amide bonds. The minimum atomic E-state index is -3.96. The maximum Gasteiger partial charge on any atom is 0.263 e. The third-order valence-corrected chi connectivity index (χ3v) is 9.20. The number of aliphatic imine (C=N–C) groups is 1. The van der Waals surface area contributed by atoms with E-state index in [9.17, 15) is 13.2 Å². The number of ether oxygens (including phenoxy) is 1. The summed E-state index contributed by atoms with van der Waals surface area (Å²) in [7, 11) is -3.96. The molecule has 218 valence electrons. The lowest BCUT2D eigenvalue weighted by atomic mass is 9.96. The van der Waals surface area contributed by atoms with Crippen molar-refractivity contribution >= 4 is 27.6 Å². The van der Waals surface area contributed by atoms with Gasteiger partial charge in [-0.2, -0.15) is 0 Å². The molecule has 41 heavy (non-hydrogen) atoms. The van der Waals surface area contributed by atoms with Crippen LogP contribution in [0.4, 0.5) is 5.82 Å². The molecule has 9 nitrogen and oxygen atoms in total. The fourth-order valence-electron chi connectivity index (χ4n) is 5.75. The Morgan fingerprint density at radius 3 is 2.56 bits per heavy atom. The summed E-state index contributed by atoms with van der Waals surface area (Å²) in [6, 6.07) is 14.3. The Morgan fingerprint density at radius 1 is 1.07 bits per heavy atom. The number of aromatic nitrogens is 1. The first kappa shape index (κ1) is 29.0. The number of anilines is 1. The molecular formula is C31H38N4O5S. The fourth-order valence-corrected chi connectivity index (χ4v) is 6.96. The topological polar surface area (TPSA) is 114 Å². The van der Waals surface area contributed by atoms with E-state index in [4.69, 9.17) is 14.3 Å². The number of hydrogen-bond donors (Lipinski definition) is 1. The molecule has 0 bridgehead atoms. The highest BCUT2D eigenvalue weighted by molar-refractivity contribution is 7.92. The average Bonchev–Trinajstić information content (AvgIpc) is 3.67. The molecule has 10 heteroatoms. The van der Waals surface area contributed by atoms with E-state index in [0.717, 1.165) is 67.5 Å². The first-order valence-electron chi connectivity index (χ1n) is 14.4. The molecule has 1 aliphatic carbocycles. The first-order chi connectivity index (χ1) is 19.8. The number of nitrogens with one attached hydrogen (secondary N) is 1. The standard InChI is InChI=1S/C31H38N4O5S/c1-4-6-13-29-32-31(16-9-10-17-31)30(36)35(29)20-23-14-15-25(24(19-23)21-39-5-2)26-11-7-8-12-27(26)41(37,38)34-28-18-22(3)40-33-28/h7-8,11-12,14-15,18-19H,4-6,9-10,13,16-17,20-21H2,1-3H3,(H,33,34). The van der Waals surface area contributed by atoms with Gasteiger partial charge in [0.25, 0.3) is 15.9 Å². The molecule has 1 fully saturated rings. The minimum Gasteiger partial charge on any atom is -0.377 e. The van der Waals surface area contributed by atoms with Crippen LogP contribution < -0.4 is 4.72 Å².